The lowest BCUT2D eigenvalue weighted by Gasteiger charge is -2.11. The van der Waals surface area contributed by atoms with E-state index >= 15 is 0 Å². The van der Waals surface area contributed by atoms with Gasteiger partial charge in [0.05, 0.1) is 0 Å². The molecule has 3 rings (SSSR count). The fourth-order valence-corrected chi connectivity index (χ4v) is 2.60. The van der Waals surface area contributed by atoms with E-state index in [9.17, 15) is 22.7 Å². The zero-order valence-electron chi connectivity index (χ0n) is 13.6. The maximum absolute atomic E-state index is 14.5. The number of hydrogen-bond acceptors (Lipinski definition) is 2. The van der Waals surface area contributed by atoms with E-state index in [-0.39, 0.29) is 17.1 Å². The number of ether oxygens (including phenoxy) is 1. The summed E-state index contributed by atoms with van der Waals surface area (Å²) in [5.41, 5.74) is 2.76. The Hall–Kier alpha value is -3.02. The van der Waals surface area contributed by atoms with Gasteiger partial charge in [0.1, 0.15) is 17.3 Å². The molecule has 2 nitrogen and oxygen atoms in total. The number of benzene rings is 3. The molecule has 0 heterocycles. The standard InChI is InChI=1S/C20H14F4O2/c1-12-10-14(5-9-19(12)25)15-4-8-17(18(21)11-15)13-2-6-16(7-3-13)26-20(22,23)24/h2-11,25H,1H3. The van der Waals surface area contributed by atoms with E-state index in [2.05, 4.69) is 4.74 Å². The molecule has 0 fully saturated rings. The minimum Gasteiger partial charge on any atom is -0.508 e. The van der Waals surface area contributed by atoms with E-state index in [1.165, 1.54) is 24.3 Å². The van der Waals surface area contributed by atoms with E-state index in [1.54, 1.807) is 31.2 Å². The normalized spacial score (nSPS) is 11.4. The van der Waals surface area contributed by atoms with Crippen LogP contribution in [0.25, 0.3) is 22.3 Å². The van der Waals surface area contributed by atoms with Crippen molar-refractivity contribution in [3.8, 4) is 33.8 Å². The summed E-state index contributed by atoms with van der Waals surface area (Å²) in [6, 6.07) is 14.6. The van der Waals surface area contributed by atoms with Crippen molar-refractivity contribution in [1.82, 2.24) is 0 Å². The molecule has 0 bridgehead atoms. The number of phenolic OH excluding ortho intramolecular Hbond substituents is 1. The molecular formula is C20H14F4O2. The SMILES string of the molecule is Cc1cc(-c2ccc(-c3ccc(OC(F)(F)F)cc3)c(F)c2)ccc1O. The molecule has 0 aliphatic heterocycles. The van der Waals surface area contributed by atoms with E-state index in [4.69, 9.17) is 0 Å². The first-order valence-corrected chi connectivity index (χ1v) is 7.69. The Balaban J connectivity index is 1.89. The molecule has 0 saturated heterocycles. The average molecular weight is 362 g/mol. The smallest absolute Gasteiger partial charge is 0.508 e. The highest BCUT2D eigenvalue weighted by atomic mass is 19.4. The molecule has 6 heteroatoms. The Morgan fingerprint density at radius 2 is 1.38 bits per heavy atom. The summed E-state index contributed by atoms with van der Waals surface area (Å²) in [5.74, 6) is -0.706. The van der Waals surface area contributed by atoms with E-state index in [0.717, 1.165) is 17.7 Å². The van der Waals surface area contributed by atoms with Crippen LogP contribution >= 0.6 is 0 Å². The molecule has 26 heavy (non-hydrogen) atoms. The fraction of sp³-hybridized carbons (Fsp3) is 0.100. The van der Waals surface area contributed by atoms with Gasteiger partial charge < -0.3 is 9.84 Å². The van der Waals surface area contributed by atoms with Crippen molar-refractivity contribution in [2.45, 2.75) is 13.3 Å². The number of phenols is 1. The maximum Gasteiger partial charge on any atom is 0.573 e. The van der Waals surface area contributed by atoms with Crippen molar-refractivity contribution >= 4 is 0 Å². The second kappa shape index (κ2) is 6.71. The number of rotatable bonds is 3. The number of alkyl halides is 3. The van der Waals surface area contributed by atoms with Gasteiger partial charge in [0.2, 0.25) is 0 Å². The lowest BCUT2D eigenvalue weighted by Crippen LogP contribution is -2.16. The van der Waals surface area contributed by atoms with E-state index in [0.29, 0.717) is 16.7 Å². The van der Waals surface area contributed by atoms with Crippen molar-refractivity contribution in [1.29, 1.82) is 0 Å². The van der Waals surface area contributed by atoms with E-state index in [1.807, 2.05) is 0 Å². The predicted molar refractivity (Wildman–Crippen MR) is 90.4 cm³/mol. The first-order chi connectivity index (χ1) is 12.2. The lowest BCUT2D eigenvalue weighted by molar-refractivity contribution is -0.274. The predicted octanol–water partition coefficient (Wildman–Crippen LogP) is 6.07. The third kappa shape index (κ3) is 3.96. The van der Waals surface area contributed by atoms with Gasteiger partial charge in [-0.15, -0.1) is 13.2 Å². The molecule has 0 aliphatic carbocycles. The zero-order valence-corrected chi connectivity index (χ0v) is 13.6. The second-order valence-electron chi connectivity index (χ2n) is 5.77. The van der Waals surface area contributed by atoms with Gasteiger partial charge in [0.15, 0.2) is 0 Å². The highest BCUT2D eigenvalue weighted by molar-refractivity contribution is 5.72. The molecule has 3 aromatic carbocycles. The number of hydrogen-bond donors (Lipinski definition) is 1. The quantitative estimate of drug-likeness (QED) is 0.573. The number of aromatic hydroxyl groups is 1. The highest BCUT2D eigenvalue weighted by Gasteiger charge is 2.31. The van der Waals surface area contributed by atoms with Crippen molar-refractivity contribution in [2.24, 2.45) is 0 Å². The highest BCUT2D eigenvalue weighted by Crippen LogP contribution is 2.31. The molecule has 0 saturated carbocycles. The second-order valence-corrected chi connectivity index (χ2v) is 5.77. The van der Waals surface area contributed by atoms with Crippen molar-refractivity contribution in [3.05, 3.63) is 72.0 Å². The fourth-order valence-electron chi connectivity index (χ4n) is 2.60. The Kier molecular flexibility index (Phi) is 4.59. The third-order valence-corrected chi connectivity index (χ3v) is 3.90. The van der Waals surface area contributed by atoms with Gasteiger partial charge in [0.25, 0.3) is 0 Å². The lowest BCUT2D eigenvalue weighted by atomic mass is 9.98. The molecule has 1 N–H and O–H groups in total. The Morgan fingerprint density at radius 3 is 1.96 bits per heavy atom. The molecule has 0 unspecified atom stereocenters. The molecular weight excluding hydrogens is 348 g/mol. The third-order valence-electron chi connectivity index (χ3n) is 3.90. The van der Waals surface area contributed by atoms with Crippen LogP contribution in [0.2, 0.25) is 0 Å². The van der Waals surface area contributed by atoms with Gasteiger partial charge in [-0.3, -0.25) is 0 Å². The molecule has 134 valence electrons. The molecule has 0 atom stereocenters. The first kappa shape index (κ1) is 17.8. The van der Waals surface area contributed by atoms with Crippen LogP contribution in [0.15, 0.2) is 60.7 Å². The Labute approximate surface area is 147 Å². The van der Waals surface area contributed by atoms with Crippen LogP contribution < -0.4 is 4.74 Å². The first-order valence-electron chi connectivity index (χ1n) is 7.69. The van der Waals surface area contributed by atoms with Crippen LogP contribution in [0, 0.1) is 12.7 Å². The number of halogens is 4. The summed E-state index contributed by atoms with van der Waals surface area (Å²) in [6.45, 7) is 1.74. The summed E-state index contributed by atoms with van der Waals surface area (Å²) < 4.78 is 54.9. The minimum atomic E-state index is -4.77. The van der Waals surface area contributed by atoms with Crippen molar-refractivity contribution in [3.63, 3.8) is 0 Å². The zero-order chi connectivity index (χ0) is 18.9. The van der Waals surface area contributed by atoms with Crippen molar-refractivity contribution < 1.29 is 27.4 Å². The van der Waals surface area contributed by atoms with Crippen LogP contribution in [0.5, 0.6) is 11.5 Å². The maximum atomic E-state index is 14.5. The van der Waals surface area contributed by atoms with E-state index < -0.39 is 12.2 Å². The monoisotopic (exact) mass is 362 g/mol. The largest absolute Gasteiger partial charge is 0.573 e. The summed E-state index contributed by atoms with van der Waals surface area (Å²) >= 11 is 0. The summed E-state index contributed by atoms with van der Waals surface area (Å²) in [4.78, 5) is 0. The Bertz CT molecular complexity index is 932. The molecule has 0 aliphatic rings. The summed E-state index contributed by atoms with van der Waals surface area (Å²) in [7, 11) is 0. The van der Waals surface area contributed by atoms with Crippen molar-refractivity contribution in [2.75, 3.05) is 0 Å². The van der Waals surface area contributed by atoms with Gasteiger partial charge in [-0.1, -0.05) is 30.3 Å². The Morgan fingerprint density at radius 1 is 0.808 bits per heavy atom. The average Bonchev–Trinajstić information content (AvgIpc) is 2.57. The van der Waals surface area contributed by atoms with Crippen LogP contribution in [-0.2, 0) is 0 Å². The van der Waals surface area contributed by atoms with Crippen LogP contribution in [0.1, 0.15) is 5.56 Å². The molecule has 3 aromatic rings. The van der Waals surface area contributed by atoms with Gasteiger partial charge in [-0.2, -0.15) is 0 Å². The van der Waals surface area contributed by atoms with Gasteiger partial charge in [-0.25, -0.2) is 4.39 Å². The number of aryl methyl sites for hydroxylation is 1. The summed E-state index contributed by atoms with van der Waals surface area (Å²) in [6.07, 6.45) is -4.77. The van der Waals surface area contributed by atoms with Crippen LogP contribution in [-0.4, -0.2) is 11.5 Å². The van der Waals surface area contributed by atoms with Crippen LogP contribution in [0.4, 0.5) is 17.6 Å². The molecule has 0 spiro atoms. The molecule has 0 radical (unpaired) electrons. The van der Waals surface area contributed by atoms with Gasteiger partial charge in [0, 0.05) is 5.56 Å². The molecule has 0 amide bonds. The minimum absolute atomic E-state index is 0.159. The van der Waals surface area contributed by atoms with Gasteiger partial charge in [-0.05, 0) is 59.5 Å². The van der Waals surface area contributed by atoms with Gasteiger partial charge >= 0.3 is 6.36 Å². The summed E-state index contributed by atoms with van der Waals surface area (Å²) in [5, 5.41) is 9.58. The molecule has 0 aromatic heterocycles. The topological polar surface area (TPSA) is 29.5 Å². The van der Waals surface area contributed by atoms with Crippen LogP contribution in [0.3, 0.4) is 0 Å².